The van der Waals surface area contributed by atoms with Crippen LogP contribution >= 0.6 is 0 Å². The fourth-order valence-electron chi connectivity index (χ4n) is 2.46. The number of ether oxygens (including phenoxy) is 1. The van der Waals surface area contributed by atoms with Gasteiger partial charge in [-0.05, 0) is 24.1 Å². The minimum absolute atomic E-state index is 0.0210. The predicted molar refractivity (Wildman–Crippen MR) is 72.6 cm³/mol. The molecule has 1 heterocycles. The summed E-state index contributed by atoms with van der Waals surface area (Å²) in [5.74, 6) is 0.808. The summed E-state index contributed by atoms with van der Waals surface area (Å²) >= 11 is 0. The number of hydrogen-bond acceptors (Lipinski definition) is 3. The van der Waals surface area contributed by atoms with Gasteiger partial charge < -0.3 is 14.7 Å². The molecule has 0 spiro atoms. The molecule has 1 saturated heterocycles. The number of carbonyl (C=O) groups is 1. The van der Waals surface area contributed by atoms with Gasteiger partial charge in [0.2, 0.25) is 5.91 Å². The van der Waals surface area contributed by atoms with Gasteiger partial charge in [-0.1, -0.05) is 26.0 Å². The van der Waals surface area contributed by atoms with Crippen molar-refractivity contribution in [3.05, 3.63) is 29.8 Å². The minimum Gasteiger partial charge on any atom is -0.497 e. The van der Waals surface area contributed by atoms with Crippen molar-refractivity contribution in [3.8, 4) is 5.75 Å². The van der Waals surface area contributed by atoms with Gasteiger partial charge >= 0.3 is 0 Å². The highest BCUT2D eigenvalue weighted by Gasteiger charge is 2.46. The molecule has 1 fully saturated rings. The van der Waals surface area contributed by atoms with Gasteiger partial charge in [0, 0.05) is 18.4 Å². The first-order valence-corrected chi connectivity index (χ1v) is 6.60. The number of aliphatic hydroxyl groups excluding tert-OH is 1. The second kappa shape index (κ2) is 5.21. The zero-order valence-electron chi connectivity index (χ0n) is 11.7. The highest BCUT2D eigenvalue weighted by Crippen LogP contribution is 2.39. The van der Waals surface area contributed by atoms with Gasteiger partial charge in [-0.15, -0.1) is 0 Å². The van der Waals surface area contributed by atoms with Crippen molar-refractivity contribution in [2.24, 2.45) is 5.41 Å². The van der Waals surface area contributed by atoms with Gasteiger partial charge in [0.05, 0.1) is 7.11 Å². The molecular formula is C15H21NO3. The van der Waals surface area contributed by atoms with Gasteiger partial charge in [0.1, 0.15) is 12.0 Å². The lowest BCUT2D eigenvalue weighted by molar-refractivity contribution is -0.135. The van der Waals surface area contributed by atoms with E-state index in [1.54, 1.807) is 12.0 Å². The van der Waals surface area contributed by atoms with E-state index in [-0.39, 0.29) is 11.3 Å². The summed E-state index contributed by atoms with van der Waals surface area (Å²) < 4.78 is 5.10. The molecule has 2 atom stereocenters. The smallest absolute Gasteiger partial charge is 0.225 e. The van der Waals surface area contributed by atoms with E-state index in [0.29, 0.717) is 13.0 Å². The van der Waals surface area contributed by atoms with E-state index in [2.05, 4.69) is 0 Å². The molecule has 0 saturated carbocycles. The van der Waals surface area contributed by atoms with Crippen molar-refractivity contribution in [1.29, 1.82) is 0 Å². The van der Waals surface area contributed by atoms with Crippen LogP contribution in [0, 0.1) is 5.41 Å². The van der Waals surface area contributed by atoms with Crippen LogP contribution in [0.15, 0.2) is 24.3 Å². The number of likely N-dealkylation sites (tertiary alicyclic amines) is 1. The molecule has 1 N–H and O–H groups in total. The summed E-state index contributed by atoms with van der Waals surface area (Å²) in [5, 5.41) is 10.3. The monoisotopic (exact) mass is 263 g/mol. The SMILES string of the molecule is CCC1(C)CC(=O)N(Cc2ccc(OC)cc2)C1O. The molecule has 0 aliphatic carbocycles. The lowest BCUT2D eigenvalue weighted by atomic mass is 9.85. The van der Waals surface area contributed by atoms with E-state index >= 15 is 0 Å². The molecule has 1 aromatic rings. The van der Waals surface area contributed by atoms with Crippen LogP contribution in [0.3, 0.4) is 0 Å². The van der Waals surface area contributed by atoms with Gasteiger partial charge in [-0.2, -0.15) is 0 Å². The number of nitrogens with zero attached hydrogens (tertiary/aromatic N) is 1. The first-order chi connectivity index (χ1) is 9.00. The summed E-state index contributed by atoms with van der Waals surface area (Å²) in [5.41, 5.74) is 0.664. The molecule has 1 aliphatic rings. The Kier molecular flexibility index (Phi) is 3.80. The Morgan fingerprint density at radius 3 is 2.53 bits per heavy atom. The topological polar surface area (TPSA) is 49.8 Å². The van der Waals surface area contributed by atoms with Crippen molar-refractivity contribution >= 4 is 5.91 Å². The molecule has 0 radical (unpaired) electrons. The van der Waals surface area contributed by atoms with Gasteiger partial charge in [-0.25, -0.2) is 0 Å². The molecule has 2 unspecified atom stereocenters. The van der Waals surface area contributed by atoms with Crippen molar-refractivity contribution in [2.75, 3.05) is 7.11 Å². The molecule has 1 amide bonds. The molecule has 4 heteroatoms. The highest BCUT2D eigenvalue weighted by atomic mass is 16.5. The number of amides is 1. The molecule has 1 aromatic carbocycles. The molecule has 104 valence electrons. The van der Waals surface area contributed by atoms with E-state index in [4.69, 9.17) is 4.74 Å². The van der Waals surface area contributed by atoms with Crippen molar-refractivity contribution < 1.29 is 14.6 Å². The van der Waals surface area contributed by atoms with E-state index in [0.717, 1.165) is 17.7 Å². The Morgan fingerprint density at radius 2 is 2.05 bits per heavy atom. The Hall–Kier alpha value is -1.55. The molecule has 0 bridgehead atoms. The third-order valence-electron chi connectivity index (χ3n) is 4.11. The van der Waals surface area contributed by atoms with Crippen molar-refractivity contribution in [2.45, 2.75) is 39.5 Å². The fourth-order valence-corrected chi connectivity index (χ4v) is 2.46. The maximum Gasteiger partial charge on any atom is 0.225 e. The van der Waals surface area contributed by atoms with Gasteiger partial charge in [0.15, 0.2) is 0 Å². The van der Waals surface area contributed by atoms with Gasteiger partial charge in [-0.3, -0.25) is 4.79 Å². The Bertz CT molecular complexity index is 457. The average Bonchev–Trinajstić information content (AvgIpc) is 2.64. The summed E-state index contributed by atoms with van der Waals surface area (Å²) in [6.07, 6.45) is 0.506. The fraction of sp³-hybridized carbons (Fsp3) is 0.533. The number of rotatable bonds is 4. The first kappa shape index (κ1) is 13.9. The van der Waals surface area contributed by atoms with E-state index in [1.165, 1.54) is 0 Å². The second-order valence-corrected chi connectivity index (χ2v) is 5.43. The van der Waals surface area contributed by atoms with E-state index in [9.17, 15) is 9.90 Å². The maximum absolute atomic E-state index is 12.0. The van der Waals surface area contributed by atoms with Crippen LogP contribution in [-0.4, -0.2) is 29.3 Å². The second-order valence-electron chi connectivity index (χ2n) is 5.43. The van der Waals surface area contributed by atoms with Crippen LogP contribution in [-0.2, 0) is 11.3 Å². The summed E-state index contributed by atoms with van der Waals surface area (Å²) in [7, 11) is 1.62. The largest absolute Gasteiger partial charge is 0.497 e. The van der Waals surface area contributed by atoms with Crippen LogP contribution < -0.4 is 4.74 Å². The number of carbonyl (C=O) groups excluding carboxylic acids is 1. The van der Waals surface area contributed by atoms with E-state index < -0.39 is 6.23 Å². The Labute approximate surface area is 114 Å². The van der Waals surface area contributed by atoms with Crippen molar-refractivity contribution in [1.82, 2.24) is 4.90 Å². The standard InChI is InChI=1S/C15H21NO3/c1-4-15(2)9-13(17)16(14(15)18)10-11-5-7-12(19-3)8-6-11/h5-8,14,18H,4,9-10H2,1-3H3. The molecular weight excluding hydrogens is 242 g/mol. The van der Waals surface area contributed by atoms with Crippen LogP contribution in [0.2, 0.25) is 0 Å². The first-order valence-electron chi connectivity index (χ1n) is 6.60. The van der Waals surface area contributed by atoms with E-state index in [1.807, 2.05) is 38.1 Å². The Morgan fingerprint density at radius 1 is 1.42 bits per heavy atom. The molecule has 19 heavy (non-hydrogen) atoms. The normalized spacial score (nSPS) is 26.8. The zero-order chi connectivity index (χ0) is 14.0. The quantitative estimate of drug-likeness (QED) is 0.905. The molecule has 4 nitrogen and oxygen atoms in total. The lowest BCUT2D eigenvalue weighted by Gasteiger charge is -2.29. The maximum atomic E-state index is 12.0. The minimum atomic E-state index is -0.702. The third kappa shape index (κ3) is 2.59. The van der Waals surface area contributed by atoms with Crippen LogP contribution in [0.1, 0.15) is 32.3 Å². The van der Waals surface area contributed by atoms with Crippen LogP contribution in [0.4, 0.5) is 0 Å². The predicted octanol–water partition coefficient (Wildman–Crippen LogP) is 2.16. The molecule has 1 aliphatic heterocycles. The molecule has 0 aromatic heterocycles. The lowest BCUT2D eigenvalue weighted by Crippen LogP contribution is -2.38. The number of benzene rings is 1. The van der Waals surface area contributed by atoms with Gasteiger partial charge in [0.25, 0.3) is 0 Å². The number of hydrogen-bond donors (Lipinski definition) is 1. The summed E-state index contributed by atoms with van der Waals surface area (Å²) in [6.45, 7) is 4.41. The summed E-state index contributed by atoms with van der Waals surface area (Å²) in [4.78, 5) is 13.6. The van der Waals surface area contributed by atoms with Crippen molar-refractivity contribution in [3.63, 3.8) is 0 Å². The van der Waals surface area contributed by atoms with Crippen LogP contribution in [0.5, 0.6) is 5.75 Å². The zero-order valence-corrected chi connectivity index (χ0v) is 11.7. The highest BCUT2D eigenvalue weighted by molar-refractivity contribution is 5.79. The third-order valence-corrected chi connectivity index (χ3v) is 4.11. The van der Waals surface area contributed by atoms with Crippen LogP contribution in [0.25, 0.3) is 0 Å². The number of aliphatic hydroxyl groups is 1. The average molecular weight is 263 g/mol. The number of methoxy groups -OCH3 is 1. The Balaban J connectivity index is 2.12. The summed E-state index contributed by atoms with van der Waals surface area (Å²) in [6, 6.07) is 7.56. The molecule has 2 rings (SSSR count).